The molecule has 30 nitrogen and oxygen atoms in total. The second-order valence-corrected chi connectivity index (χ2v) is 34.2. The van der Waals surface area contributed by atoms with Crippen molar-refractivity contribution in [1.82, 2.24) is 40.9 Å². The Bertz CT molecular complexity index is 4100. The van der Waals surface area contributed by atoms with Gasteiger partial charge in [0, 0.05) is 100 Å². The summed E-state index contributed by atoms with van der Waals surface area (Å²) in [6.45, 7) is 5.89. The van der Waals surface area contributed by atoms with E-state index in [1.54, 1.807) is 48.5 Å². The van der Waals surface area contributed by atoms with E-state index in [0.717, 1.165) is 34.0 Å². The number of alkyl carbamates (subject to hydrolysis) is 1. The molecule has 4 aliphatic rings. The van der Waals surface area contributed by atoms with Gasteiger partial charge in [-0.05, 0) is 123 Å². The molecule has 3 saturated heterocycles. The lowest BCUT2D eigenvalue weighted by molar-refractivity contribution is -0.155. The topological polar surface area (TPSA) is 417 Å². The average molecular weight is 1620 g/mol. The van der Waals surface area contributed by atoms with Crippen LogP contribution in [0.5, 0.6) is 0 Å². The van der Waals surface area contributed by atoms with Gasteiger partial charge in [-0.25, -0.2) is 14.4 Å². The Morgan fingerprint density at radius 2 is 1.29 bits per heavy atom. The summed E-state index contributed by atoms with van der Waals surface area (Å²) in [7, 11) is 6.71. The van der Waals surface area contributed by atoms with Crippen LogP contribution in [0, 0.1) is 11.8 Å². The van der Waals surface area contributed by atoms with Crippen molar-refractivity contribution in [2.45, 2.75) is 177 Å². The summed E-state index contributed by atoms with van der Waals surface area (Å²) in [5.41, 5.74) is 28.7. The molecule has 0 bridgehead atoms. The Morgan fingerprint density at radius 1 is 0.670 bits per heavy atom. The highest BCUT2D eigenvalue weighted by Gasteiger charge is 2.42. The number of nitrogens with two attached hydrogens (primary N) is 1. The standard InChI is InChI=1S/C78H99N15O15S4/c1-78(2,3)112-111-47-62(85-76(104)107-43-50-25-31-57(32-26-50)86-88-80)66(94)40-55(21-12-14-36-90(4)5)72(100)84-61(39-54-30-29-53-19-9-10-22-59(53)54)75(103)106-45-68(96)91-37-15-23-63(91)67(95)41-56(20-11-13-35-82-73(101)65-48-109-49-93(65)77(105)108-44-51-27-33-58(34-28-51)87-89-81)71(99)83-60(74(102)92-38-16-24-64(92)70(79)98)42-69(97)110-46-52-17-7-6-8-18-52/h6-10,17-19,22,25-28,30-34,55-56,60-65H,11-16,20-21,23-24,29,35-49H2,1-5H3,(H2,79,98)(H,82,101)(H,83,99)(H,84,100)(H,85,104)/t55-,56-,60?,61+,62+,63+,64+,65+/m1/s1. The second kappa shape index (κ2) is 44.6. The van der Waals surface area contributed by atoms with Crippen LogP contribution in [0.25, 0.3) is 26.5 Å². The molecule has 600 valence electrons. The van der Waals surface area contributed by atoms with Gasteiger partial charge in [-0.15, -0.1) is 11.8 Å². The largest absolute Gasteiger partial charge is 0.454 e. The van der Waals surface area contributed by atoms with Crippen LogP contribution in [0.3, 0.4) is 0 Å². The molecule has 8 atom stereocenters. The minimum absolute atomic E-state index is 0.0130. The van der Waals surface area contributed by atoms with E-state index in [1.807, 2.05) is 100 Å². The van der Waals surface area contributed by atoms with Gasteiger partial charge in [0.1, 0.15) is 43.4 Å². The highest BCUT2D eigenvalue weighted by molar-refractivity contribution is 8.77. The van der Waals surface area contributed by atoms with E-state index >= 15 is 0 Å². The van der Waals surface area contributed by atoms with Crippen LogP contribution in [0.4, 0.5) is 21.0 Å². The smallest absolute Gasteiger partial charge is 0.411 e. The maximum atomic E-state index is 15.0. The van der Waals surface area contributed by atoms with E-state index in [0.29, 0.717) is 66.9 Å². The fourth-order valence-corrected chi connectivity index (χ4v) is 17.8. The van der Waals surface area contributed by atoms with E-state index in [9.17, 15) is 57.5 Å². The zero-order chi connectivity index (χ0) is 80.7. The minimum Gasteiger partial charge on any atom is -0.454 e. The molecular formula is C78H99N15O15S4. The molecule has 1 unspecified atom stereocenters. The number of nitrogens with one attached hydrogen (secondary N) is 4. The molecule has 1 aliphatic carbocycles. The van der Waals surface area contributed by atoms with Gasteiger partial charge in [0.05, 0.1) is 11.9 Å². The molecule has 34 heteroatoms. The Morgan fingerprint density at radius 3 is 1.94 bits per heavy atom. The first-order valence-corrected chi connectivity index (χ1v) is 41.9. The predicted octanol–water partition coefficient (Wildman–Crippen LogP) is 11.1. The van der Waals surface area contributed by atoms with E-state index in [1.165, 1.54) is 48.0 Å². The molecular weight excluding hydrogens is 1520 g/mol. The Labute approximate surface area is 668 Å². The molecule has 3 aliphatic heterocycles. The number of ketones is 2. The number of thioether (sulfide) groups is 2. The number of ether oxygens (including phenoxy) is 3. The van der Waals surface area contributed by atoms with E-state index < -0.39 is 138 Å². The summed E-state index contributed by atoms with van der Waals surface area (Å²) < 4.78 is 16.7. The normalized spacial score (nSPS) is 17.1. The number of primary amides is 1. The van der Waals surface area contributed by atoms with E-state index in [-0.39, 0.29) is 106 Å². The van der Waals surface area contributed by atoms with Crippen LogP contribution in [0.15, 0.2) is 119 Å². The molecule has 0 spiro atoms. The number of azide groups is 2. The summed E-state index contributed by atoms with van der Waals surface area (Å²) in [4.78, 5) is 182. The third kappa shape index (κ3) is 28.0. The number of carbonyl (C=O) groups is 12. The molecule has 8 rings (SSSR count). The molecule has 112 heavy (non-hydrogen) atoms. The molecule has 0 saturated carbocycles. The highest BCUT2D eigenvalue weighted by atomic mass is 33.1. The number of rotatable bonds is 42. The van der Waals surface area contributed by atoms with Crippen molar-refractivity contribution in [2.24, 2.45) is 27.8 Å². The van der Waals surface area contributed by atoms with Gasteiger partial charge in [0.15, 0.2) is 23.3 Å². The number of hydrogen-bond donors (Lipinski definition) is 5. The number of esters is 1. The lowest BCUT2D eigenvalue weighted by atomic mass is 9.91. The van der Waals surface area contributed by atoms with Gasteiger partial charge in [-0.3, -0.25) is 48.1 Å². The van der Waals surface area contributed by atoms with Crippen molar-refractivity contribution < 1.29 is 71.7 Å². The van der Waals surface area contributed by atoms with Crippen LogP contribution in [-0.2, 0) is 87.5 Å². The minimum atomic E-state index is -1.48. The van der Waals surface area contributed by atoms with Crippen LogP contribution in [0.1, 0.15) is 138 Å². The van der Waals surface area contributed by atoms with Crippen molar-refractivity contribution in [3.63, 3.8) is 0 Å². The molecule has 3 heterocycles. The summed E-state index contributed by atoms with van der Waals surface area (Å²) in [5, 5.41) is 18.0. The number of nitrogens with zero attached hydrogens (tertiary/aromatic N) is 10. The van der Waals surface area contributed by atoms with Gasteiger partial charge in [0.2, 0.25) is 29.5 Å². The fourth-order valence-electron chi connectivity index (χ4n) is 13.3. The maximum Gasteiger partial charge on any atom is 0.411 e. The van der Waals surface area contributed by atoms with Gasteiger partial charge in [-0.2, -0.15) is 0 Å². The van der Waals surface area contributed by atoms with Crippen molar-refractivity contribution in [2.75, 3.05) is 64.3 Å². The van der Waals surface area contributed by atoms with Crippen LogP contribution >= 0.6 is 45.1 Å². The number of allylic oxidation sites excluding steroid dienone is 1. The third-order valence-corrected chi connectivity index (χ3v) is 24.6. The zero-order valence-corrected chi connectivity index (χ0v) is 67.0. The molecule has 0 aromatic heterocycles. The number of likely N-dealkylation sites (tertiary alicyclic amines) is 2. The Kier molecular flexibility index (Phi) is 35.1. The number of amides is 8. The Hall–Kier alpha value is -9.56. The molecule has 4 aromatic rings. The first-order valence-electron chi connectivity index (χ1n) is 37.4. The number of carbonyl (C=O) groups excluding carboxylic acids is 12. The highest BCUT2D eigenvalue weighted by Crippen LogP contribution is 2.37. The molecule has 8 amide bonds. The number of fused-ring (bicyclic) bond motifs is 1. The van der Waals surface area contributed by atoms with Crippen LogP contribution < -0.4 is 27.0 Å². The average Bonchev–Trinajstić information content (AvgIpc) is 1.66. The molecule has 0 radical (unpaired) electrons. The van der Waals surface area contributed by atoms with Gasteiger partial charge in [0.25, 0.3) is 5.91 Å². The predicted molar refractivity (Wildman–Crippen MR) is 430 cm³/mol. The van der Waals surface area contributed by atoms with Crippen molar-refractivity contribution in [1.29, 1.82) is 0 Å². The van der Waals surface area contributed by atoms with Crippen molar-refractivity contribution in [3.05, 3.63) is 158 Å². The van der Waals surface area contributed by atoms with Crippen molar-refractivity contribution >= 4 is 132 Å². The number of benzene rings is 4. The van der Waals surface area contributed by atoms with Gasteiger partial charge >= 0.3 is 18.2 Å². The van der Waals surface area contributed by atoms with Crippen LogP contribution in [-0.4, -0.2) is 195 Å². The number of unbranched alkanes of at least 4 members (excludes halogenated alkanes) is 2. The second-order valence-electron chi connectivity index (χ2n) is 29.0. The van der Waals surface area contributed by atoms with E-state index in [2.05, 4.69) is 41.3 Å². The summed E-state index contributed by atoms with van der Waals surface area (Å²) in [6, 6.07) is 22.7. The van der Waals surface area contributed by atoms with Crippen LogP contribution in [0.2, 0.25) is 0 Å². The molecule has 4 aromatic carbocycles. The molecule has 6 N–H and O–H groups in total. The first kappa shape index (κ1) is 88.0. The number of Topliss-reactive ketones (excluding diaryl/α,β-unsaturated/α-hetero) is 2. The third-order valence-electron chi connectivity index (χ3n) is 19.2. The first-order chi connectivity index (χ1) is 53.8. The van der Waals surface area contributed by atoms with Gasteiger partial charge in [-0.1, -0.05) is 186 Å². The lowest BCUT2D eigenvalue weighted by Crippen LogP contribution is -2.54. The quantitative estimate of drug-likeness (QED) is 0.00523. The number of hydrogen-bond acceptors (Lipinski definition) is 22. The summed E-state index contributed by atoms with van der Waals surface area (Å²) in [5.74, 6) is -7.29. The fraction of sp³-hybridized carbons (Fsp3) is 0.513. The summed E-state index contributed by atoms with van der Waals surface area (Å²) in [6.07, 6.45) is 2.75. The zero-order valence-electron chi connectivity index (χ0n) is 63.7. The maximum absolute atomic E-state index is 15.0. The Balaban J connectivity index is 0.967. The van der Waals surface area contributed by atoms with Crippen molar-refractivity contribution in [3.8, 4) is 0 Å². The lowest BCUT2D eigenvalue weighted by Gasteiger charge is -2.29. The monoisotopic (exact) mass is 1610 g/mol. The van der Waals surface area contributed by atoms with E-state index in [4.69, 9.17) is 31.0 Å². The molecule has 3 fully saturated rings. The summed E-state index contributed by atoms with van der Waals surface area (Å²) >= 11 is 2.31. The van der Waals surface area contributed by atoms with Gasteiger partial charge < -0.3 is 55.9 Å². The SMILES string of the molecule is CN(C)CCCC[C@H](CC(=O)[C@H](CSSC(C)(C)C)NC(=O)OCc1ccc(N=[N+]=[N-])cc1)C(=O)N[C@@H](CC1=CCc2ccccc21)C(=O)OCC(=O)N1CCC[C@H]1C(=O)C[C@@H](CCCCNC(=O)[C@@H]1CSCN1C(=O)OCc1ccc(N=[N+]=[N-])cc1)C(=O)NC(CC(=O)SCc1ccccc1)C(=O)N1CCC[C@H]1C(N)=O.